The molecule has 0 bridgehead atoms. The van der Waals surface area contributed by atoms with Crippen LogP contribution in [0, 0.1) is 11.8 Å². The first kappa shape index (κ1) is 10.2. The second-order valence-electron chi connectivity index (χ2n) is 4.46. The molecule has 2 heteroatoms. The second kappa shape index (κ2) is 4.05. The molecule has 1 aromatic carbocycles. The van der Waals surface area contributed by atoms with Gasteiger partial charge in [-0.05, 0) is 36.3 Å². The largest absolute Gasteiger partial charge is 0.369 e. The van der Waals surface area contributed by atoms with Gasteiger partial charge in [0.25, 0.3) is 0 Å². The van der Waals surface area contributed by atoms with E-state index >= 15 is 0 Å². The topological polar surface area (TPSA) is 43.1 Å². The normalized spacial score (nSPS) is 21.8. The van der Waals surface area contributed by atoms with E-state index in [9.17, 15) is 4.79 Å². The monoisotopic (exact) mass is 203 g/mol. The van der Waals surface area contributed by atoms with Crippen LogP contribution in [0.3, 0.4) is 0 Å². The van der Waals surface area contributed by atoms with Gasteiger partial charge in [0.1, 0.15) is 0 Å². The highest BCUT2D eigenvalue weighted by atomic mass is 16.1. The van der Waals surface area contributed by atoms with E-state index in [4.69, 9.17) is 5.73 Å². The number of primary amides is 1. The number of hydrogen-bond donors (Lipinski definition) is 1. The Morgan fingerprint density at radius 3 is 2.73 bits per heavy atom. The van der Waals surface area contributed by atoms with Crippen LogP contribution in [0.1, 0.15) is 24.5 Å². The minimum atomic E-state index is -0.167. The number of amides is 1. The van der Waals surface area contributed by atoms with Crippen LogP contribution in [0.25, 0.3) is 0 Å². The van der Waals surface area contributed by atoms with E-state index < -0.39 is 0 Å². The fourth-order valence-corrected chi connectivity index (χ4v) is 2.39. The summed E-state index contributed by atoms with van der Waals surface area (Å²) in [6, 6.07) is 8.49. The predicted molar refractivity (Wildman–Crippen MR) is 60.3 cm³/mol. The lowest BCUT2D eigenvalue weighted by Gasteiger charge is -2.27. The Hall–Kier alpha value is -1.31. The van der Waals surface area contributed by atoms with Gasteiger partial charge in [-0.3, -0.25) is 4.79 Å². The van der Waals surface area contributed by atoms with Crippen molar-refractivity contribution in [2.45, 2.75) is 26.2 Å². The van der Waals surface area contributed by atoms with Gasteiger partial charge in [-0.2, -0.15) is 0 Å². The standard InChI is InChI=1S/C13H17NO/c1-9(13(14)15)11-7-6-10-4-2-3-5-12(10)8-11/h2-5,9,11H,6-8H2,1H3,(H2,14,15). The first-order chi connectivity index (χ1) is 7.18. The molecule has 0 heterocycles. The summed E-state index contributed by atoms with van der Waals surface area (Å²) >= 11 is 0. The summed E-state index contributed by atoms with van der Waals surface area (Å²) in [5.41, 5.74) is 8.17. The molecular weight excluding hydrogens is 186 g/mol. The third-order valence-corrected chi connectivity index (χ3v) is 3.54. The molecule has 1 aliphatic carbocycles. The molecule has 0 saturated carbocycles. The van der Waals surface area contributed by atoms with Crippen molar-refractivity contribution in [1.29, 1.82) is 0 Å². The van der Waals surface area contributed by atoms with Crippen molar-refractivity contribution >= 4 is 5.91 Å². The minimum absolute atomic E-state index is 0.00152. The lowest BCUT2D eigenvalue weighted by molar-refractivity contribution is -0.122. The summed E-state index contributed by atoms with van der Waals surface area (Å²) in [6.07, 6.45) is 3.17. The Morgan fingerprint density at radius 2 is 2.07 bits per heavy atom. The van der Waals surface area contributed by atoms with E-state index in [1.54, 1.807) is 0 Å². The van der Waals surface area contributed by atoms with Crippen molar-refractivity contribution in [3.8, 4) is 0 Å². The molecule has 0 saturated heterocycles. The van der Waals surface area contributed by atoms with Gasteiger partial charge in [0.05, 0.1) is 0 Å². The minimum Gasteiger partial charge on any atom is -0.369 e. The van der Waals surface area contributed by atoms with Crippen LogP contribution in [0.15, 0.2) is 24.3 Å². The predicted octanol–water partition coefficient (Wildman–Crippen LogP) is 1.91. The molecule has 2 atom stereocenters. The number of nitrogens with two attached hydrogens (primary N) is 1. The number of fused-ring (bicyclic) bond motifs is 1. The fraction of sp³-hybridized carbons (Fsp3) is 0.462. The molecule has 2 rings (SSSR count). The van der Waals surface area contributed by atoms with Gasteiger partial charge in [-0.25, -0.2) is 0 Å². The van der Waals surface area contributed by atoms with Crippen LogP contribution in [-0.4, -0.2) is 5.91 Å². The maximum atomic E-state index is 11.1. The van der Waals surface area contributed by atoms with Crippen molar-refractivity contribution in [3.05, 3.63) is 35.4 Å². The van der Waals surface area contributed by atoms with Gasteiger partial charge < -0.3 is 5.73 Å². The van der Waals surface area contributed by atoms with Crippen molar-refractivity contribution in [2.75, 3.05) is 0 Å². The number of aryl methyl sites for hydroxylation is 1. The van der Waals surface area contributed by atoms with Crippen LogP contribution in [0.2, 0.25) is 0 Å². The molecule has 2 nitrogen and oxygen atoms in total. The number of benzene rings is 1. The van der Waals surface area contributed by atoms with E-state index in [2.05, 4.69) is 24.3 Å². The zero-order valence-corrected chi connectivity index (χ0v) is 9.07. The molecule has 1 aliphatic rings. The molecule has 0 spiro atoms. The highest BCUT2D eigenvalue weighted by Gasteiger charge is 2.26. The number of carbonyl (C=O) groups excluding carboxylic acids is 1. The van der Waals surface area contributed by atoms with Crippen molar-refractivity contribution in [1.82, 2.24) is 0 Å². The molecule has 2 unspecified atom stereocenters. The lowest BCUT2D eigenvalue weighted by atomic mass is 9.77. The van der Waals surface area contributed by atoms with Crippen molar-refractivity contribution < 1.29 is 4.79 Å². The summed E-state index contributed by atoms with van der Waals surface area (Å²) in [4.78, 5) is 11.1. The van der Waals surface area contributed by atoms with Gasteiger partial charge in [0.15, 0.2) is 0 Å². The fourth-order valence-electron chi connectivity index (χ4n) is 2.39. The molecule has 15 heavy (non-hydrogen) atoms. The molecular formula is C13H17NO. The maximum Gasteiger partial charge on any atom is 0.220 e. The molecule has 0 fully saturated rings. The average molecular weight is 203 g/mol. The average Bonchev–Trinajstić information content (AvgIpc) is 2.27. The highest BCUT2D eigenvalue weighted by Crippen LogP contribution is 2.29. The smallest absolute Gasteiger partial charge is 0.220 e. The Labute approximate surface area is 90.5 Å². The Bertz CT molecular complexity index is 373. The third-order valence-electron chi connectivity index (χ3n) is 3.54. The van der Waals surface area contributed by atoms with Crippen molar-refractivity contribution in [3.63, 3.8) is 0 Å². The van der Waals surface area contributed by atoms with Gasteiger partial charge >= 0.3 is 0 Å². The first-order valence-electron chi connectivity index (χ1n) is 5.54. The van der Waals surface area contributed by atoms with Crippen LogP contribution < -0.4 is 5.73 Å². The second-order valence-corrected chi connectivity index (χ2v) is 4.46. The maximum absolute atomic E-state index is 11.1. The van der Waals surface area contributed by atoms with E-state index in [1.807, 2.05) is 6.92 Å². The molecule has 2 N–H and O–H groups in total. The van der Waals surface area contributed by atoms with Gasteiger partial charge in [0.2, 0.25) is 5.91 Å². The Balaban J connectivity index is 2.15. The summed E-state index contributed by atoms with van der Waals surface area (Å²) in [6.45, 7) is 1.95. The Morgan fingerprint density at radius 1 is 1.40 bits per heavy atom. The van der Waals surface area contributed by atoms with Crippen LogP contribution in [0.5, 0.6) is 0 Å². The summed E-state index contributed by atoms with van der Waals surface area (Å²) < 4.78 is 0. The lowest BCUT2D eigenvalue weighted by Crippen LogP contribution is -2.31. The zero-order valence-electron chi connectivity index (χ0n) is 9.07. The summed E-state index contributed by atoms with van der Waals surface area (Å²) in [5.74, 6) is 0.259. The Kier molecular flexibility index (Phi) is 2.76. The molecule has 0 radical (unpaired) electrons. The number of hydrogen-bond acceptors (Lipinski definition) is 1. The van der Waals surface area contributed by atoms with Crippen LogP contribution in [0.4, 0.5) is 0 Å². The van der Waals surface area contributed by atoms with E-state index in [1.165, 1.54) is 11.1 Å². The summed E-state index contributed by atoms with van der Waals surface area (Å²) in [5, 5.41) is 0. The number of carbonyl (C=O) groups is 1. The van der Waals surface area contributed by atoms with Crippen LogP contribution in [-0.2, 0) is 17.6 Å². The first-order valence-corrected chi connectivity index (χ1v) is 5.54. The number of rotatable bonds is 2. The SMILES string of the molecule is CC(C(N)=O)C1CCc2ccccc2C1. The van der Waals surface area contributed by atoms with Gasteiger partial charge in [-0.1, -0.05) is 31.2 Å². The molecule has 1 amide bonds. The molecule has 0 aromatic heterocycles. The van der Waals surface area contributed by atoms with E-state index in [0.717, 1.165) is 19.3 Å². The van der Waals surface area contributed by atoms with E-state index in [-0.39, 0.29) is 11.8 Å². The van der Waals surface area contributed by atoms with E-state index in [0.29, 0.717) is 5.92 Å². The zero-order chi connectivity index (χ0) is 10.8. The van der Waals surface area contributed by atoms with Crippen LogP contribution >= 0.6 is 0 Å². The third kappa shape index (κ3) is 2.04. The molecule has 1 aromatic rings. The molecule has 0 aliphatic heterocycles. The quantitative estimate of drug-likeness (QED) is 0.784. The summed E-state index contributed by atoms with van der Waals surface area (Å²) in [7, 11) is 0. The van der Waals surface area contributed by atoms with Gasteiger partial charge in [0, 0.05) is 5.92 Å². The van der Waals surface area contributed by atoms with Crippen molar-refractivity contribution in [2.24, 2.45) is 17.6 Å². The highest BCUT2D eigenvalue weighted by molar-refractivity contribution is 5.76. The molecule has 80 valence electrons. The van der Waals surface area contributed by atoms with Gasteiger partial charge in [-0.15, -0.1) is 0 Å².